The topological polar surface area (TPSA) is 46.5 Å². The lowest BCUT2D eigenvalue weighted by molar-refractivity contribution is -0.145. The largest absolute Gasteiger partial charge is 0.490 e. The van der Waals surface area contributed by atoms with Gasteiger partial charge in [-0.3, -0.25) is 4.79 Å². The van der Waals surface area contributed by atoms with Crippen molar-refractivity contribution in [3.8, 4) is 5.75 Å². The molecule has 1 fully saturated rings. The molecular weight excluding hydrogens is 228 g/mol. The van der Waals surface area contributed by atoms with E-state index in [-0.39, 0.29) is 12.0 Å². The highest BCUT2D eigenvalue weighted by atomic mass is 16.5. The second-order valence-corrected chi connectivity index (χ2v) is 5.05. The van der Waals surface area contributed by atoms with Gasteiger partial charge >= 0.3 is 5.97 Å². The lowest BCUT2D eigenvalue weighted by atomic mass is 9.97. The summed E-state index contributed by atoms with van der Waals surface area (Å²) < 4.78 is 5.88. The number of hydrogen-bond acceptors (Lipinski definition) is 2. The van der Waals surface area contributed by atoms with E-state index in [1.165, 1.54) is 5.56 Å². The molecule has 98 valence electrons. The Kier molecular flexibility index (Phi) is 4.24. The van der Waals surface area contributed by atoms with Crippen LogP contribution in [0.15, 0.2) is 24.3 Å². The van der Waals surface area contributed by atoms with Gasteiger partial charge in [0.2, 0.25) is 0 Å². The molecule has 0 radical (unpaired) electrons. The Labute approximate surface area is 108 Å². The molecule has 1 aromatic carbocycles. The van der Waals surface area contributed by atoms with Gasteiger partial charge in [0.25, 0.3) is 0 Å². The average Bonchev–Trinajstić information content (AvgIpc) is 2.57. The Bertz CT molecular complexity index is 397. The van der Waals surface area contributed by atoms with Gasteiger partial charge in [-0.1, -0.05) is 30.5 Å². The van der Waals surface area contributed by atoms with Crippen molar-refractivity contribution in [3.63, 3.8) is 0 Å². The number of hydrogen-bond donors (Lipinski definition) is 1. The van der Waals surface area contributed by atoms with Gasteiger partial charge in [0.1, 0.15) is 11.9 Å². The molecule has 2 atom stereocenters. The molecule has 1 aliphatic rings. The van der Waals surface area contributed by atoms with Crippen LogP contribution in [-0.2, 0) is 4.79 Å². The van der Waals surface area contributed by atoms with Crippen molar-refractivity contribution in [2.45, 2.75) is 45.1 Å². The molecule has 0 aliphatic heterocycles. The third-order valence-electron chi connectivity index (χ3n) is 3.58. The number of benzene rings is 1. The minimum absolute atomic E-state index is 0.187. The molecule has 1 N–H and O–H groups in total. The molecule has 3 nitrogen and oxygen atoms in total. The van der Waals surface area contributed by atoms with Gasteiger partial charge in [0.15, 0.2) is 0 Å². The molecule has 0 heterocycles. The van der Waals surface area contributed by atoms with E-state index in [0.717, 1.165) is 37.9 Å². The maximum atomic E-state index is 11.3. The number of rotatable bonds is 3. The van der Waals surface area contributed by atoms with Crippen LogP contribution < -0.4 is 4.74 Å². The second kappa shape index (κ2) is 5.89. The molecule has 1 saturated carbocycles. The van der Waals surface area contributed by atoms with Crippen molar-refractivity contribution in [1.82, 2.24) is 0 Å². The second-order valence-electron chi connectivity index (χ2n) is 5.05. The molecule has 1 aliphatic carbocycles. The first-order chi connectivity index (χ1) is 8.66. The summed E-state index contributed by atoms with van der Waals surface area (Å²) >= 11 is 0. The number of carboxylic acid groups (broad SMARTS) is 1. The summed E-state index contributed by atoms with van der Waals surface area (Å²) in [5.74, 6) is -0.318. The van der Waals surface area contributed by atoms with E-state index in [2.05, 4.69) is 0 Å². The van der Waals surface area contributed by atoms with Crippen LogP contribution in [0.5, 0.6) is 5.75 Å². The maximum absolute atomic E-state index is 11.3. The Morgan fingerprint density at radius 3 is 2.50 bits per heavy atom. The zero-order valence-electron chi connectivity index (χ0n) is 10.8. The first kappa shape index (κ1) is 12.9. The summed E-state index contributed by atoms with van der Waals surface area (Å²) in [6.45, 7) is 2.02. The summed E-state index contributed by atoms with van der Waals surface area (Å²) in [7, 11) is 0. The van der Waals surface area contributed by atoms with Crippen molar-refractivity contribution in [3.05, 3.63) is 29.8 Å². The van der Waals surface area contributed by atoms with Crippen LogP contribution in [0.3, 0.4) is 0 Å². The van der Waals surface area contributed by atoms with Gasteiger partial charge in [-0.05, 0) is 38.3 Å². The van der Waals surface area contributed by atoms with Gasteiger partial charge in [0, 0.05) is 0 Å². The lowest BCUT2D eigenvalue weighted by Crippen LogP contribution is -2.32. The van der Waals surface area contributed by atoms with Crippen molar-refractivity contribution in [2.24, 2.45) is 5.92 Å². The summed E-state index contributed by atoms with van der Waals surface area (Å²) in [5, 5.41) is 9.28. The fourth-order valence-corrected chi connectivity index (χ4v) is 2.49. The van der Waals surface area contributed by atoms with Gasteiger partial charge in [-0.2, -0.15) is 0 Å². The molecule has 0 bridgehead atoms. The highest BCUT2D eigenvalue weighted by Gasteiger charge is 2.31. The molecule has 0 spiro atoms. The third-order valence-corrected chi connectivity index (χ3v) is 3.58. The van der Waals surface area contributed by atoms with Crippen LogP contribution >= 0.6 is 0 Å². The number of ether oxygens (including phenoxy) is 1. The molecule has 0 aromatic heterocycles. The highest BCUT2D eigenvalue weighted by Crippen LogP contribution is 2.27. The van der Waals surface area contributed by atoms with E-state index in [4.69, 9.17) is 4.74 Å². The smallest absolute Gasteiger partial charge is 0.310 e. The summed E-state index contributed by atoms with van der Waals surface area (Å²) in [6.07, 6.45) is 4.53. The van der Waals surface area contributed by atoms with E-state index in [0.29, 0.717) is 0 Å². The van der Waals surface area contributed by atoms with Crippen molar-refractivity contribution in [1.29, 1.82) is 0 Å². The van der Waals surface area contributed by atoms with Crippen LogP contribution in [0, 0.1) is 12.8 Å². The predicted molar refractivity (Wildman–Crippen MR) is 69.8 cm³/mol. The first-order valence-corrected chi connectivity index (χ1v) is 6.63. The average molecular weight is 248 g/mol. The number of carboxylic acids is 1. The van der Waals surface area contributed by atoms with Crippen LogP contribution in [0.4, 0.5) is 0 Å². The fourth-order valence-electron chi connectivity index (χ4n) is 2.49. The zero-order chi connectivity index (χ0) is 13.0. The third kappa shape index (κ3) is 3.25. The zero-order valence-corrected chi connectivity index (χ0v) is 10.8. The highest BCUT2D eigenvalue weighted by molar-refractivity contribution is 5.70. The van der Waals surface area contributed by atoms with E-state index < -0.39 is 5.97 Å². The minimum Gasteiger partial charge on any atom is -0.490 e. The number of aliphatic carboxylic acids is 1. The Morgan fingerprint density at radius 2 is 1.83 bits per heavy atom. The van der Waals surface area contributed by atoms with E-state index >= 15 is 0 Å². The molecular formula is C15H20O3. The molecule has 18 heavy (non-hydrogen) atoms. The van der Waals surface area contributed by atoms with Crippen LogP contribution in [0.25, 0.3) is 0 Å². The molecule has 3 heteroatoms. The predicted octanol–water partition coefficient (Wildman–Crippen LogP) is 3.41. The molecule has 0 saturated heterocycles. The van der Waals surface area contributed by atoms with Crippen molar-refractivity contribution in [2.75, 3.05) is 0 Å². The quantitative estimate of drug-likeness (QED) is 0.834. The standard InChI is InChI=1S/C15H20O3/c1-11-7-9-12(10-8-11)18-14-6-4-2-3-5-13(14)15(16)17/h7-10,13-14H,2-6H2,1H3,(H,16,17). The summed E-state index contributed by atoms with van der Waals surface area (Å²) in [6, 6.07) is 7.81. The monoisotopic (exact) mass is 248 g/mol. The van der Waals surface area contributed by atoms with Crippen molar-refractivity contribution >= 4 is 5.97 Å². The Balaban J connectivity index is 2.08. The van der Waals surface area contributed by atoms with Gasteiger partial charge in [-0.15, -0.1) is 0 Å². The van der Waals surface area contributed by atoms with Crippen LogP contribution in [0.2, 0.25) is 0 Å². The van der Waals surface area contributed by atoms with E-state index in [1.807, 2.05) is 31.2 Å². The summed E-state index contributed by atoms with van der Waals surface area (Å²) in [5.41, 5.74) is 1.18. The summed E-state index contributed by atoms with van der Waals surface area (Å²) in [4.78, 5) is 11.3. The fraction of sp³-hybridized carbons (Fsp3) is 0.533. The minimum atomic E-state index is -0.728. The SMILES string of the molecule is Cc1ccc(OC2CCCCCC2C(=O)O)cc1. The first-order valence-electron chi connectivity index (χ1n) is 6.63. The van der Waals surface area contributed by atoms with Gasteiger partial charge in [0.05, 0.1) is 5.92 Å². The molecule has 2 unspecified atom stereocenters. The normalized spacial score (nSPS) is 24.3. The number of aryl methyl sites for hydroxylation is 1. The van der Waals surface area contributed by atoms with Gasteiger partial charge < -0.3 is 9.84 Å². The van der Waals surface area contributed by atoms with Crippen molar-refractivity contribution < 1.29 is 14.6 Å². The lowest BCUT2D eigenvalue weighted by Gasteiger charge is -2.23. The van der Waals surface area contributed by atoms with E-state index in [9.17, 15) is 9.90 Å². The van der Waals surface area contributed by atoms with E-state index in [1.54, 1.807) is 0 Å². The Morgan fingerprint density at radius 1 is 1.17 bits per heavy atom. The van der Waals surface area contributed by atoms with Crippen LogP contribution in [0.1, 0.15) is 37.7 Å². The van der Waals surface area contributed by atoms with Gasteiger partial charge in [-0.25, -0.2) is 0 Å². The van der Waals surface area contributed by atoms with Crippen LogP contribution in [-0.4, -0.2) is 17.2 Å². The molecule has 1 aromatic rings. The molecule has 0 amide bonds. The molecule has 2 rings (SSSR count). The number of carbonyl (C=O) groups is 1. The Hall–Kier alpha value is -1.51. The maximum Gasteiger partial charge on any atom is 0.310 e.